The van der Waals surface area contributed by atoms with E-state index in [0.717, 1.165) is 22.3 Å². The van der Waals surface area contributed by atoms with E-state index in [1.807, 2.05) is 36.4 Å². The Morgan fingerprint density at radius 2 is 1.23 bits per heavy atom. The summed E-state index contributed by atoms with van der Waals surface area (Å²) >= 11 is 0. The first kappa shape index (κ1) is 55.5. The van der Waals surface area contributed by atoms with Crippen LogP contribution in [0.1, 0.15) is 126 Å². The zero-order valence-electron chi connectivity index (χ0n) is 42.0. The largest absolute Gasteiger partial charge is 0.449 e. The normalized spacial score (nSPS) is 14.4. The van der Waals surface area contributed by atoms with Crippen LogP contribution in [-0.2, 0) is 28.2 Å². The molecule has 0 radical (unpaired) electrons. The molecule has 1 aliphatic rings. The number of aliphatic hydroxyl groups is 1. The number of nitrogens with zero attached hydrogens (tertiary/aromatic N) is 1. The molecule has 66 heavy (non-hydrogen) atoms. The van der Waals surface area contributed by atoms with Crippen LogP contribution in [0.2, 0.25) is 18.1 Å². The number of alkyl carbamates (subject to hydrolysis) is 3. The van der Waals surface area contributed by atoms with Crippen molar-refractivity contribution in [1.29, 1.82) is 0 Å². The van der Waals surface area contributed by atoms with Gasteiger partial charge in [0.1, 0.15) is 29.5 Å². The van der Waals surface area contributed by atoms with Crippen molar-refractivity contribution in [3.63, 3.8) is 0 Å². The number of benzene rings is 2. The van der Waals surface area contributed by atoms with Crippen LogP contribution in [0.15, 0.2) is 48.5 Å². The number of unbranched alkanes of at least 4 members (excludes halogenated alkanes) is 1. The van der Waals surface area contributed by atoms with Crippen molar-refractivity contribution in [3.8, 4) is 11.1 Å². The molecule has 0 aliphatic heterocycles. The molecule has 1 aliphatic carbocycles. The van der Waals surface area contributed by atoms with Crippen LogP contribution < -0.4 is 21.3 Å². The van der Waals surface area contributed by atoms with Crippen LogP contribution in [0.4, 0.5) is 19.2 Å². The molecule has 5 N–H and O–H groups in total. The van der Waals surface area contributed by atoms with Crippen molar-refractivity contribution >= 4 is 38.6 Å². The van der Waals surface area contributed by atoms with E-state index in [1.54, 1.807) is 62.3 Å². The van der Waals surface area contributed by atoms with Gasteiger partial charge >= 0.3 is 24.4 Å². The summed E-state index contributed by atoms with van der Waals surface area (Å²) < 4.78 is 28.8. The Labute approximate surface area is 394 Å². The first-order chi connectivity index (χ1) is 30.4. The van der Waals surface area contributed by atoms with E-state index < -0.39 is 73.6 Å². The molecule has 3 atom stereocenters. The van der Waals surface area contributed by atoms with Gasteiger partial charge in [0.2, 0.25) is 5.91 Å². The maximum absolute atomic E-state index is 14.4. The minimum Gasteiger partial charge on any atom is -0.449 e. The average molecular weight is 942 g/mol. The third-order valence-corrected chi connectivity index (χ3v) is 15.5. The number of ether oxygens (including phenoxy) is 4. The van der Waals surface area contributed by atoms with Gasteiger partial charge in [-0.1, -0.05) is 69.3 Å². The molecule has 0 saturated carbocycles. The summed E-state index contributed by atoms with van der Waals surface area (Å²) in [6.07, 6.45) is -2.56. The van der Waals surface area contributed by atoms with E-state index in [0.29, 0.717) is 12.8 Å². The van der Waals surface area contributed by atoms with Gasteiger partial charge in [-0.3, -0.25) is 4.79 Å². The van der Waals surface area contributed by atoms with Crippen LogP contribution >= 0.6 is 0 Å². The third-order valence-electron chi connectivity index (χ3n) is 11.0. The number of carbonyl (C=O) groups excluding carboxylic acids is 5. The van der Waals surface area contributed by atoms with Crippen LogP contribution in [0.25, 0.3) is 11.1 Å². The molecule has 0 spiro atoms. The summed E-state index contributed by atoms with van der Waals surface area (Å²) in [6.45, 7) is 26.3. The second kappa shape index (κ2) is 23.7. The van der Waals surface area contributed by atoms with Crippen molar-refractivity contribution in [1.82, 2.24) is 26.2 Å². The predicted octanol–water partition coefficient (Wildman–Crippen LogP) is 8.61. The summed E-state index contributed by atoms with van der Waals surface area (Å²) in [5, 5.41) is 22.0. The fourth-order valence-electron chi connectivity index (χ4n) is 6.78. The molecule has 0 aromatic heterocycles. The summed E-state index contributed by atoms with van der Waals surface area (Å²) in [5.74, 6) is -0.677. The van der Waals surface area contributed by atoms with E-state index >= 15 is 0 Å². The maximum Gasteiger partial charge on any atom is 0.410 e. The first-order valence-electron chi connectivity index (χ1n) is 23.1. The standard InChI is InChI=1S/C49H79N5O11Si/c1-46(2,3)63-42(57)50-27-20-19-25-40(53-44(59)61-32-39-37-23-17-15-21-35(37)36-22-16-18-24-38(36)39)41(56)52-33(31-62-66(13,14)49(10,11)12)26-28-54(45(60)65-48(7,8)9)30-34(55)29-51-43(58)64-47(4,5)6/h15-18,21-24,33-34,39-40,55H,19-20,25-32H2,1-14H3,(H,50,57)(H,51,58)(H,52,56)(H,53,59)/t33-,34-,40-/m0/s1. The van der Waals surface area contributed by atoms with Gasteiger partial charge in [-0.25, -0.2) is 19.2 Å². The fraction of sp³-hybridized carbons (Fsp3) is 0.653. The van der Waals surface area contributed by atoms with Crippen molar-refractivity contribution in [2.24, 2.45) is 0 Å². The zero-order chi connectivity index (χ0) is 49.7. The van der Waals surface area contributed by atoms with Crippen LogP contribution in [0.3, 0.4) is 0 Å². The Hall–Kier alpha value is -4.87. The second-order valence-electron chi connectivity index (χ2n) is 21.5. The number of amides is 5. The monoisotopic (exact) mass is 942 g/mol. The Balaban J connectivity index is 1.84. The molecular weight excluding hydrogens is 863 g/mol. The number of rotatable bonds is 20. The Morgan fingerprint density at radius 3 is 1.76 bits per heavy atom. The van der Waals surface area contributed by atoms with Gasteiger partial charge in [0, 0.05) is 25.6 Å². The topological polar surface area (TPSA) is 203 Å². The van der Waals surface area contributed by atoms with Gasteiger partial charge in [0.15, 0.2) is 8.32 Å². The molecule has 2 aromatic rings. The number of nitrogens with one attached hydrogen (secondary N) is 4. The summed E-state index contributed by atoms with van der Waals surface area (Å²) in [7, 11) is -2.36. The minimum absolute atomic E-state index is 0.0328. The minimum atomic E-state index is -2.36. The smallest absolute Gasteiger partial charge is 0.410 e. The average Bonchev–Trinajstić information content (AvgIpc) is 3.50. The molecule has 0 heterocycles. The van der Waals surface area contributed by atoms with Crippen LogP contribution in [0.5, 0.6) is 0 Å². The van der Waals surface area contributed by atoms with E-state index in [1.165, 1.54) is 4.90 Å². The SMILES string of the molecule is CC(C)(C)OC(=O)NCCCC[C@H](NC(=O)OCC1c2ccccc2-c2ccccc21)C(=O)N[C@@H](CCN(C[C@@H](O)CNC(=O)OC(C)(C)C)C(=O)OC(C)(C)C)CO[Si](C)(C)C(C)(C)C. The highest BCUT2D eigenvalue weighted by molar-refractivity contribution is 6.74. The highest BCUT2D eigenvalue weighted by atomic mass is 28.4. The molecule has 0 unspecified atom stereocenters. The number of hydrogen-bond acceptors (Lipinski definition) is 11. The second-order valence-corrected chi connectivity index (χ2v) is 26.3. The maximum atomic E-state index is 14.4. The Kier molecular flexibility index (Phi) is 19.9. The zero-order valence-corrected chi connectivity index (χ0v) is 43.0. The lowest BCUT2D eigenvalue weighted by molar-refractivity contribution is -0.124. The molecule has 0 bridgehead atoms. The van der Waals surface area contributed by atoms with Gasteiger partial charge in [-0.15, -0.1) is 0 Å². The molecule has 17 heteroatoms. The molecule has 0 fully saturated rings. The van der Waals surface area contributed by atoms with E-state index in [-0.39, 0.29) is 63.2 Å². The highest BCUT2D eigenvalue weighted by Crippen LogP contribution is 2.44. The molecule has 16 nitrogen and oxygen atoms in total. The Morgan fingerprint density at radius 1 is 0.697 bits per heavy atom. The van der Waals surface area contributed by atoms with Gasteiger partial charge in [0.05, 0.1) is 25.3 Å². The molecule has 3 rings (SSSR count). The van der Waals surface area contributed by atoms with Gasteiger partial charge in [-0.2, -0.15) is 0 Å². The highest BCUT2D eigenvalue weighted by Gasteiger charge is 2.38. The fourth-order valence-corrected chi connectivity index (χ4v) is 7.83. The molecule has 5 amide bonds. The quantitative estimate of drug-likeness (QED) is 0.0483. The molecule has 370 valence electrons. The lowest BCUT2D eigenvalue weighted by Gasteiger charge is -2.38. The number of carbonyl (C=O) groups is 5. The molecule has 2 aromatic carbocycles. The number of fused-ring (bicyclic) bond motifs is 3. The lowest BCUT2D eigenvalue weighted by atomic mass is 9.98. The summed E-state index contributed by atoms with van der Waals surface area (Å²) in [6, 6.07) is 14.3. The number of hydrogen-bond donors (Lipinski definition) is 5. The van der Waals surface area contributed by atoms with Gasteiger partial charge in [0.25, 0.3) is 0 Å². The van der Waals surface area contributed by atoms with E-state index in [9.17, 15) is 29.1 Å². The molecule has 0 saturated heterocycles. The van der Waals surface area contributed by atoms with Crippen LogP contribution in [-0.4, -0.2) is 123 Å². The van der Waals surface area contributed by atoms with Gasteiger partial charge < -0.3 is 54.6 Å². The third kappa shape index (κ3) is 19.2. The summed E-state index contributed by atoms with van der Waals surface area (Å²) in [4.78, 5) is 67.6. The lowest BCUT2D eigenvalue weighted by Crippen LogP contribution is -2.53. The van der Waals surface area contributed by atoms with Crippen molar-refractivity contribution in [2.45, 2.75) is 168 Å². The van der Waals surface area contributed by atoms with Gasteiger partial charge in [-0.05, 0) is 128 Å². The van der Waals surface area contributed by atoms with E-state index in [4.69, 9.17) is 23.4 Å². The first-order valence-corrected chi connectivity index (χ1v) is 26.0. The van der Waals surface area contributed by atoms with E-state index in [2.05, 4.69) is 67.3 Å². The van der Waals surface area contributed by atoms with Crippen LogP contribution in [0, 0.1) is 0 Å². The van der Waals surface area contributed by atoms with Crippen molar-refractivity contribution in [3.05, 3.63) is 59.7 Å². The predicted molar refractivity (Wildman–Crippen MR) is 258 cm³/mol. The van der Waals surface area contributed by atoms with Crippen molar-refractivity contribution in [2.75, 3.05) is 39.4 Å². The Bertz CT molecular complexity index is 1890. The number of aliphatic hydroxyl groups excluding tert-OH is 1. The molecular formula is C49H79N5O11Si. The van der Waals surface area contributed by atoms with Crippen molar-refractivity contribution < 1.29 is 52.5 Å². The summed E-state index contributed by atoms with van der Waals surface area (Å²) in [5.41, 5.74) is 2.02.